The van der Waals surface area contributed by atoms with Crippen molar-refractivity contribution in [3.8, 4) is 0 Å². The molecule has 0 aromatic rings. The molecular weight excluding hydrogens is 268 g/mol. The third kappa shape index (κ3) is 3.90. The van der Waals surface area contributed by atoms with Gasteiger partial charge in [-0.3, -0.25) is 4.79 Å². The molecule has 0 heterocycles. The molecule has 0 radical (unpaired) electrons. The van der Waals surface area contributed by atoms with E-state index >= 15 is 0 Å². The smallest absolute Gasteiger partial charge is 0.162 e. The molecule has 0 spiro atoms. The van der Waals surface area contributed by atoms with Gasteiger partial charge in [0, 0.05) is 26.0 Å². The summed E-state index contributed by atoms with van der Waals surface area (Å²) in [5.41, 5.74) is 1.04. The summed E-state index contributed by atoms with van der Waals surface area (Å²) in [4.78, 5) is 11.7. The monoisotopic (exact) mass is 294 g/mol. The maximum Gasteiger partial charge on any atom is 0.162 e. The van der Waals surface area contributed by atoms with Crippen LogP contribution in [0, 0.1) is 11.3 Å². The topological polar surface area (TPSA) is 35.5 Å². The summed E-state index contributed by atoms with van der Waals surface area (Å²) in [6.07, 6.45) is 5.46. The summed E-state index contributed by atoms with van der Waals surface area (Å²) in [7, 11) is -1.02. The summed E-state index contributed by atoms with van der Waals surface area (Å²) in [5.74, 6) is 0.228. The van der Waals surface area contributed by atoms with Crippen LogP contribution >= 0.6 is 0 Å². The predicted molar refractivity (Wildman–Crippen MR) is 83.4 cm³/mol. The zero-order valence-corrected chi connectivity index (χ0v) is 13.9. The van der Waals surface area contributed by atoms with E-state index in [9.17, 15) is 4.79 Å². The Labute approximate surface area is 123 Å². The van der Waals surface area contributed by atoms with E-state index in [1.54, 1.807) is 6.08 Å². The van der Waals surface area contributed by atoms with Crippen LogP contribution in [0.25, 0.3) is 0 Å². The van der Waals surface area contributed by atoms with Gasteiger partial charge >= 0.3 is 0 Å². The summed E-state index contributed by atoms with van der Waals surface area (Å²) >= 11 is 0. The fourth-order valence-electron chi connectivity index (χ4n) is 2.90. The van der Waals surface area contributed by atoms with E-state index in [4.69, 9.17) is 9.47 Å². The summed E-state index contributed by atoms with van der Waals surface area (Å²) in [5, 5.41) is 0. The second-order valence-electron chi connectivity index (χ2n) is 7.38. The third-order valence-corrected chi connectivity index (χ3v) is 5.88. The molecule has 20 heavy (non-hydrogen) atoms. The maximum absolute atomic E-state index is 11.7. The van der Waals surface area contributed by atoms with E-state index in [2.05, 4.69) is 26.2 Å². The minimum absolute atomic E-state index is 0.0161. The lowest BCUT2D eigenvalue weighted by atomic mass is 9.81. The van der Waals surface area contributed by atoms with Crippen LogP contribution in [0.15, 0.2) is 24.3 Å². The van der Waals surface area contributed by atoms with Crippen molar-refractivity contribution in [3.05, 3.63) is 24.3 Å². The Morgan fingerprint density at radius 1 is 1.40 bits per heavy atom. The summed E-state index contributed by atoms with van der Waals surface area (Å²) in [6.45, 7) is 12.8. The first-order valence-corrected chi connectivity index (χ1v) is 11.1. The molecule has 3 nitrogen and oxygen atoms in total. The van der Waals surface area contributed by atoms with Gasteiger partial charge in [-0.15, -0.1) is 0 Å². The van der Waals surface area contributed by atoms with Gasteiger partial charge in [0.2, 0.25) is 0 Å². The number of fused-ring (bicyclic) bond motifs is 2. The Morgan fingerprint density at radius 2 is 2.15 bits per heavy atom. The number of ketones is 1. The van der Waals surface area contributed by atoms with Crippen LogP contribution in [0.1, 0.15) is 12.8 Å². The molecule has 0 N–H and O–H groups in total. The molecule has 112 valence electrons. The Hall–Kier alpha value is -0.713. The Morgan fingerprint density at radius 3 is 2.85 bits per heavy atom. The van der Waals surface area contributed by atoms with Crippen molar-refractivity contribution < 1.29 is 14.3 Å². The SMILES string of the molecule is C=C1C[C@@]2(COCOCC[Si](C)(C)C)C=CC(=O)[C@@H]1C2. The van der Waals surface area contributed by atoms with Gasteiger partial charge in [-0.25, -0.2) is 0 Å². The van der Waals surface area contributed by atoms with Crippen LogP contribution in [0.4, 0.5) is 0 Å². The van der Waals surface area contributed by atoms with Crippen molar-refractivity contribution >= 4 is 13.9 Å². The Balaban J connectivity index is 1.71. The molecule has 0 amide bonds. The van der Waals surface area contributed by atoms with Crippen LogP contribution in [0.2, 0.25) is 25.7 Å². The van der Waals surface area contributed by atoms with Gasteiger partial charge in [0.15, 0.2) is 5.78 Å². The van der Waals surface area contributed by atoms with Gasteiger partial charge in [0.05, 0.1) is 6.61 Å². The first-order chi connectivity index (χ1) is 9.31. The lowest BCUT2D eigenvalue weighted by Gasteiger charge is -2.27. The highest BCUT2D eigenvalue weighted by Gasteiger charge is 2.45. The molecule has 2 atom stereocenters. The number of rotatable bonds is 7. The largest absolute Gasteiger partial charge is 0.356 e. The van der Waals surface area contributed by atoms with Crippen LogP contribution in [-0.4, -0.2) is 33.9 Å². The highest BCUT2D eigenvalue weighted by molar-refractivity contribution is 6.76. The maximum atomic E-state index is 11.7. The fourth-order valence-corrected chi connectivity index (χ4v) is 3.66. The Bertz CT molecular complexity index is 422. The predicted octanol–water partition coefficient (Wildman–Crippen LogP) is 3.41. The van der Waals surface area contributed by atoms with Crippen LogP contribution in [0.3, 0.4) is 0 Å². The molecular formula is C16H26O3Si. The van der Waals surface area contributed by atoms with Crippen molar-refractivity contribution in [3.63, 3.8) is 0 Å². The highest BCUT2D eigenvalue weighted by Crippen LogP contribution is 2.49. The number of ether oxygens (including phenoxy) is 2. The number of hydrogen-bond acceptors (Lipinski definition) is 3. The molecule has 0 unspecified atom stereocenters. The van der Waals surface area contributed by atoms with Gasteiger partial charge < -0.3 is 9.47 Å². The van der Waals surface area contributed by atoms with E-state index in [0.717, 1.165) is 31.1 Å². The second-order valence-corrected chi connectivity index (χ2v) is 13.0. The number of hydrogen-bond donors (Lipinski definition) is 0. The molecule has 2 aliphatic rings. The van der Waals surface area contributed by atoms with E-state index in [1.165, 1.54) is 0 Å². The summed E-state index contributed by atoms with van der Waals surface area (Å²) < 4.78 is 11.2. The number of carbonyl (C=O) groups excluding carboxylic acids is 1. The van der Waals surface area contributed by atoms with E-state index in [-0.39, 0.29) is 17.1 Å². The van der Waals surface area contributed by atoms with E-state index < -0.39 is 8.07 Å². The standard InChI is InChI=1S/C16H26O3Si/c1-13-9-16(6-5-15(17)14(13)10-16)11-19-12-18-7-8-20(2,3)4/h5-6,14H,1,7-12H2,2-4H3/t14-,16+/m1/s1. The normalized spacial score (nSPS) is 29.2. The molecule has 1 fully saturated rings. The van der Waals surface area contributed by atoms with Gasteiger partial charge in [0.1, 0.15) is 6.79 Å². The highest BCUT2D eigenvalue weighted by atomic mass is 28.3. The van der Waals surface area contributed by atoms with Gasteiger partial charge in [-0.05, 0) is 25.0 Å². The van der Waals surface area contributed by atoms with Crippen molar-refractivity contribution in [1.82, 2.24) is 0 Å². The molecule has 4 heteroatoms. The first-order valence-electron chi connectivity index (χ1n) is 7.38. The zero-order valence-electron chi connectivity index (χ0n) is 12.9. The minimum Gasteiger partial charge on any atom is -0.356 e. The summed E-state index contributed by atoms with van der Waals surface area (Å²) in [6, 6.07) is 1.16. The molecule has 0 aromatic carbocycles. The van der Waals surface area contributed by atoms with E-state index in [1.807, 2.05) is 6.08 Å². The zero-order chi connectivity index (χ0) is 14.8. The lowest BCUT2D eigenvalue weighted by molar-refractivity contribution is -0.118. The van der Waals surface area contributed by atoms with Gasteiger partial charge in [-0.1, -0.05) is 37.9 Å². The van der Waals surface area contributed by atoms with Crippen molar-refractivity contribution in [1.29, 1.82) is 0 Å². The minimum atomic E-state index is -1.02. The third-order valence-electron chi connectivity index (χ3n) is 4.18. The molecule has 2 bridgehead atoms. The molecule has 0 saturated heterocycles. The first kappa shape index (κ1) is 15.7. The van der Waals surface area contributed by atoms with Crippen LogP contribution < -0.4 is 0 Å². The second kappa shape index (κ2) is 5.96. The van der Waals surface area contributed by atoms with Gasteiger partial charge in [0.25, 0.3) is 0 Å². The number of carbonyl (C=O) groups is 1. The van der Waals surface area contributed by atoms with Crippen molar-refractivity contribution in [2.24, 2.45) is 11.3 Å². The molecule has 2 rings (SSSR count). The average molecular weight is 294 g/mol. The van der Waals surface area contributed by atoms with Crippen molar-refractivity contribution in [2.75, 3.05) is 20.0 Å². The quantitative estimate of drug-likeness (QED) is 0.312. The molecule has 2 aliphatic carbocycles. The Kier molecular flexibility index (Phi) is 4.67. The fraction of sp³-hybridized carbons (Fsp3) is 0.688. The molecule has 0 aliphatic heterocycles. The average Bonchev–Trinajstić information content (AvgIpc) is 2.62. The van der Waals surface area contributed by atoms with E-state index in [0.29, 0.717) is 13.4 Å². The lowest BCUT2D eigenvalue weighted by Crippen LogP contribution is -2.27. The molecule has 0 aromatic heterocycles. The number of allylic oxidation sites excluding steroid dienone is 2. The van der Waals surface area contributed by atoms with Crippen LogP contribution in [0.5, 0.6) is 0 Å². The van der Waals surface area contributed by atoms with Gasteiger partial charge in [-0.2, -0.15) is 0 Å². The van der Waals surface area contributed by atoms with Crippen molar-refractivity contribution in [2.45, 2.75) is 38.5 Å². The molecule has 1 saturated carbocycles. The van der Waals surface area contributed by atoms with Crippen LogP contribution in [-0.2, 0) is 14.3 Å².